The molecule has 0 spiro atoms. The highest BCUT2D eigenvalue weighted by Gasteiger charge is 2.23. The second kappa shape index (κ2) is 6.97. The summed E-state index contributed by atoms with van der Waals surface area (Å²) >= 11 is 3.23. The standard InChI is InChI=1S/C14H18BrN3O2/c1-2-3-13(17-8-6-16-7-9-17)11-4-5-12(15)14(10-11)18(19)20/h2,4-5,10,13,16H,1,3,6-9H2/t13-/m1/s1. The number of nitro benzene ring substituents is 1. The molecule has 1 atom stereocenters. The molecule has 0 aliphatic carbocycles. The zero-order valence-electron chi connectivity index (χ0n) is 11.2. The van der Waals surface area contributed by atoms with Crippen molar-refractivity contribution < 1.29 is 4.92 Å². The Hall–Kier alpha value is -1.24. The summed E-state index contributed by atoms with van der Waals surface area (Å²) in [5.41, 5.74) is 1.09. The van der Waals surface area contributed by atoms with Crippen molar-refractivity contribution in [2.24, 2.45) is 0 Å². The monoisotopic (exact) mass is 339 g/mol. The number of rotatable bonds is 5. The van der Waals surface area contributed by atoms with E-state index in [1.807, 2.05) is 12.1 Å². The molecule has 108 valence electrons. The Morgan fingerprint density at radius 3 is 2.80 bits per heavy atom. The Labute approximate surface area is 126 Å². The van der Waals surface area contributed by atoms with Gasteiger partial charge in [0, 0.05) is 38.3 Å². The molecule has 6 heteroatoms. The van der Waals surface area contributed by atoms with E-state index in [1.165, 1.54) is 0 Å². The number of hydrogen-bond donors (Lipinski definition) is 1. The Morgan fingerprint density at radius 2 is 2.20 bits per heavy atom. The van der Waals surface area contributed by atoms with Gasteiger partial charge in [-0.3, -0.25) is 15.0 Å². The van der Waals surface area contributed by atoms with Crippen molar-refractivity contribution in [1.29, 1.82) is 0 Å². The minimum Gasteiger partial charge on any atom is -0.314 e. The van der Waals surface area contributed by atoms with Crippen molar-refractivity contribution in [1.82, 2.24) is 10.2 Å². The van der Waals surface area contributed by atoms with Crippen LogP contribution in [-0.4, -0.2) is 36.0 Å². The predicted molar refractivity (Wildman–Crippen MR) is 82.8 cm³/mol. The van der Waals surface area contributed by atoms with E-state index in [4.69, 9.17) is 0 Å². The molecular formula is C14H18BrN3O2. The number of halogens is 1. The van der Waals surface area contributed by atoms with E-state index >= 15 is 0 Å². The van der Waals surface area contributed by atoms with Gasteiger partial charge in [-0.25, -0.2) is 0 Å². The lowest BCUT2D eigenvalue weighted by Gasteiger charge is -2.34. The van der Waals surface area contributed by atoms with Gasteiger partial charge in [-0.05, 0) is 34.0 Å². The van der Waals surface area contributed by atoms with E-state index in [-0.39, 0.29) is 16.7 Å². The van der Waals surface area contributed by atoms with Gasteiger partial charge >= 0.3 is 0 Å². The normalized spacial score (nSPS) is 17.6. The summed E-state index contributed by atoms with van der Waals surface area (Å²) in [6, 6.07) is 5.53. The molecule has 0 aromatic heterocycles. The van der Waals surface area contributed by atoms with Crippen LogP contribution in [0.5, 0.6) is 0 Å². The van der Waals surface area contributed by atoms with Gasteiger partial charge in [-0.1, -0.05) is 12.1 Å². The van der Waals surface area contributed by atoms with Crippen LogP contribution in [0.3, 0.4) is 0 Å². The highest BCUT2D eigenvalue weighted by atomic mass is 79.9. The molecule has 0 bridgehead atoms. The first-order valence-electron chi connectivity index (χ1n) is 6.63. The Morgan fingerprint density at radius 1 is 1.50 bits per heavy atom. The second-order valence-electron chi connectivity index (χ2n) is 4.79. The summed E-state index contributed by atoms with van der Waals surface area (Å²) < 4.78 is 0.518. The van der Waals surface area contributed by atoms with Crippen LogP contribution < -0.4 is 5.32 Å². The quantitative estimate of drug-likeness (QED) is 0.509. The molecule has 1 aliphatic heterocycles. The zero-order chi connectivity index (χ0) is 14.5. The van der Waals surface area contributed by atoms with E-state index in [1.54, 1.807) is 12.1 Å². The van der Waals surface area contributed by atoms with Crippen LogP contribution in [0.25, 0.3) is 0 Å². The van der Waals surface area contributed by atoms with Crippen molar-refractivity contribution in [2.45, 2.75) is 12.5 Å². The summed E-state index contributed by atoms with van der Waals surface area (Å²) in [7, 11) is 0. The fourth-order valence-electron chi connectivity index (χ4n) is 2.52. The maximum atomic E-state index is 11.1. The maximum absolute atomic E-state index is 11.1. The van der Waals surface area contributed by atoms with Crippen LogP contribution in [0.2, 0.25) is 0 Å². The highest BCUT2D eigenvalue weighted by Crippen LogP contribution is 2.32. The summed E-state index contributed by atoms with van der Waals surface area (Å²) in [6.07, 6.45) is 2.67. The number of nitrogens with one attached hydrogen (secondary N) is 1. The van der Waals surface area contributed by atoms with Gasteiger partial charge < -0.3 is 5.32 Å². The third-order valence-electron chi connectivity index (χ3n) is 3.53. The van der Waals surface area contributed by atoms with Crippen LogP contribution in [0.1, 0.15) is 18.0 Å². The van der Waals surface area contributed by atoms with Gasteiger partial charge in [0.2, 0.25) is 0 Å². The van der Waals surface area contributed by atoms with Crippen molar-refractivity contribution >= 4 is 21.6 Å². The second-order valence-corrected chi connectivity index (χ2v) is 5.65. The molecule has 1 aromatic carbocycles. The summed E-state index contributed by atoms with van der Waals surface area (Å²) in [6.45, 7) is 7.61. The molecule has 0 saturated carbocycles. The van der Waals surface area contributed by atoms with Gasteiger partial charge in [0.15, 0.2) is 0 Å². The maximum Gasteiger partial charge on any atom is 0.283 e. The fraction of sp³-hybridized carbons (Fsp3) is 0.429. The van der Waals surface area contributed by atoms with Gasteiger partial charge in [0.05, 0.1) is 9.40 Å². The first kappa shape index (κ1) is 15.2. The number of benzene rings is 1. The molecule has 0 amide bonds. The molecule has 5 nitrogen and oxygen atoms in total. The molecule has 1 N–H and O–H groups in total. The molecule has 1 fully saturated rings. The van der Waals surface area contributed by atoms with Gasteiger partial charge in [-0.15, -0.1) is 6.58 Å². The number of nitrogens with zero attached hydrogens (tertiary/aromatic N) is 2. The largest absolute Gasteiger partial charge is 0.314 e. The number of piperazine rings is 1. The summed E-state index contributed by atoms with van der Waals surface area (Å²) in [5, 5.41) is 14.4. The van der Waals surface area contributed by atoms with Gasteiger partial charge in [0.1, 0.15) is 0 Å². The lowest BCUT2D eigenvalue weighted by atomic mass is 10.0. The third kappa shape index (κ3) is 3.45. The molecule has 0 unspecified atom stereocenters. The van der Waals surface area contributed by atoms with Crippen molar-refractivity contribution in [3.8, 4) is 0 Å². The van der Waals surface area contributed by atoms with E-state index in [0.29, 0.717) is 4.47 Å². The SMILES string of the molecule is C=CC[C@H](c1ccc(Br)c([N+](=O)[O-])c1)N1CCNCC1. The highest BCUT2D eigenvalue weighted by molar-refractivity contribution is 9.10. The van der Waals surface area contributed by atoms with E-state index in [0.717, 1.165) is 38.2 Å². The van der Waals surface area contributed by atoms with Crippen LogP contribution in [0.15, 0.2) is 35.3 Å². The molecule has 1 saturated heterocycles. The molecule has 1 aromatic rings. The lowest BCUT2D eigenvalue weighted by Crippen LogP contribution is -2.45. The minimum absolute atomic E-state index is 0.117. The van der Waals surface area contributed by atoms with Gasteiger partial charge in [0.25, 0.3) is 5.69 Å². The molecular weight excluding hydrogens is 322 g/mol. The van der Waals surface area contributed by atoms with Crippen LogP contribution in [0, 0.1) is 10.1 Å². The first-order valence-corrected chi connectivity index (χ1v) is 7.42. The van der Waals surface area contributed by atoms with Crippen molar-refractivity contribution in [2.75, 3.05) is 26.2 Å². The molecule has 0 radical (unpaired) electrons. The van der Waals surface area contributed by atoms with Crippen molar-refractivity contribution in [3.63, 3.8) is 0 Å². The number of nitro groups is 1. The lowest BCUT2D eigenvalue weighted by molar-refractivity contribution is -0.385. The average Bonchev–Trinajstić information content (AvgIpc) is 2.46. The van der Waals surface area contributed by atoms with Crippen LogP contribution in [0.4, 0.5) is 5.69 Å². The van der Waals surface area contributed by atoms with Gasteiger partial charge in [-0.2, -0.15) is 0 Å². The summed E-state index contributed by atoms with van der Waals surface area (Å²) in [5.74, 6) is 0. The first-order chi connectivity index (χ1) is 9.63. The fourth-order valence-corrected chi connectivity index (χ4v) is 2.92. The molecule has 1 aliphatic rings. The van der Waals surface area contributed by atoms with Crippen LogP contribution in [-0.2, 0) is 0 Å². The Balaban J connectivity index is 2.30. The van der Waals surface area contributed by atoms with Crippen LogP contribution >= 0.6 is 15.9 Å². The Kier molecular flexibility index (Phi) is 5.28. The predicted octanol–water partition coefficient (Wildman–Crippen LogP) is 2.88. The van der Waals surface area contributed by atoms with Crippen molar-refractivity contribution in [3.05, 3.63) is 51.0 Å². The molecule has 20 heavy (non-hydrogen) atoms. The zero-order valence-corrected chi connectivity index (χ0v) is 12.8. The Bertz CT molecular complexity index is 501. The smallest absolute Gasteiger partial charge is 0.283 e. The molecule has 1 heterocycles. The average molecular weight is 340 g/mol. The van der Waals surface area contributed by atoms with E-state index in [9.17, 15) is 10.1 Å². The minimum atomic E-state index is -0.351. The molecule has 2 rings (SSSR count). The number of hydrogen-bond acceptors (Lipinski definition) is 4. The van der Waals surface area contributed by atoms with E-state index in [2.05, 4.69) is 32.7 Å². The van der Waals surface area contributed by atoms with E-state index < -0.39 is 0 Å². The topological polar surface area (TPSA) is 58.4 Å². The summed E-state index contributed by atoms with van der Waals surface area (Å²) in [4.78, 5) is 13.1. The third-order valence-corrected chi connectivity index (χ3v) is 4.20.